The van der Waals surface area contributed by atoms with Crippen molar-refractivity contribution in [2.24, 2.45) is 0 Å². The highest BCUT2D eigenvalue weighted by Crippen LogP contribution is 2.28. The Balaban J connectivity index is 2.75. The predicted octanol–water partition coefficient (Wildman–Crippen LogP) is 3.91. The van der Waals surface area contributed by atoms with Gasteiger partial charge in [0.05, 0.1) is 11.1 Å². The molecule has 0 aliphatic rings. The first kappa shape index (κ1) is 13.4. The summed E-state index contributed by atoms with van der Waals surface area (Å²) in [6.45, 7) is 3.95. The Morgan fingerprint density at radius 2 is 2.25 bits per heavy atom. The Labute approximate surface area is 105 Å². The van der Waals surface area contributed by atoms with E-state index in [1.807, 2.05) is 6.92 Å². The molecule has 1 atom stereocenters. The van der Waals surface area contributed by atoms with Gasteiger partial charge in [-0.2, -0.15) is 0 Å². The SMILES string of the molecule is C/C(=C\Cl)COc1ccc([C@H](C)O)cc1Cl. The van der Waals surface area contributed by atoms with Crippen LogP contribution in [0.4, 0.5) is 0 Å². The molecule has 0 aliphatic heterocycles. The minimum Gasteiger partial charge on any atom is -0.488 e. The van der Waals surface area contributed by atoms with Crippen molar-refractivity contribution in [1.29, 1.82) is 0 Å². The highest BCUT2D eigenvalue weighted by molar-refractivity contribution is 6.32. The van der Waals surface area contributed by atoms with Gasteiger partial charge in [-0.05, 0) is 37.1 Å². The van der Waals surface area contributed by atoms with Crippen LogP contribution < -0.4 is 4.74 Å². The van der Waals surface area contributed by atoms with Crippen LogP contribution in [-0.2, 0) is 0 Å². The quantitative estimate of drug-likeness (QED) is 0.890. The fraction of sp³-hybridized carbons (Fsp3) is 0.333. The van der Waals surface area contributed by atoms with Crippen LogP contribution in [0, 0.1) is 0 Å². The summed E-state index contributed by atoms with van der Waals surface area (Å²) in [4.78, 5) is 0. The summed E-state index contributed by atoms with van der Waals surface area (Å²) in [5.74, 6) is 0.587. The van der Waals surface area contributed by atoms with E-state index in [-0.39, 0.29) is 0 Å². The standard InChI is InChI=1S/C12H14Cl2O2/c1-8(6-13)7-16-12-4-3-10(9(2)15)5-11(12)14/h3-6,9,15H,7H2,1-2H3/b8-6+/t9-/m0/s1. The Hall–Kier alpha value is -0.700. The molecule has 0 bridgehead atoms. The van der Waals surface area contributed by atoms with Gasteiger partial charge >= 0.3 is 0 Å². The molecule has 0 radical (unpaired) electrons. The molecule has 0 amide bonds. The summed E-state index contributed by atoms with van der Waals surface area (Å²) < 4.78 is 5.46. The normalized spacial score (nSPS) is 13.7. The first-order chi connectivity index (χ1) is 7.54. The van der Waals surface area contributed by atoms with Crippen LogP contribution in [0.1, 0.15) is 25.5 Å². The molecule has 0 spiro atoms. The van der Waals surface area contributed by atoms with Crippen molar-refractivity contribution in [2.75, 3.05) is 6.61 Å². The van der Waals surface area contributed by atoms with Crippen LogP contribution in [-0.4, -0.2) is 11.7 Å². The van der Waals surface area contributed by atoms with Crippen molar-refractivity contribution in [2.45, 2.75) is 20.0 Å². The van der Waals surface area contributed by atoms with Crippen molar-refractivity contribution in [3.63, 3.8) is 0 Å². The minimum absolute atomic E-state index is 0.400. The van der Waals surface area contributed by atoms with Crippen molar-refractivity contribution in [3.8, 4) is 5.75 Å². The lowest BCUT2D eigenvalue weighted by molar-refractivity contribution is 0.199. The topological polar surface area (TPSA) is 29.5 Å². The van der Waals surface area contributed by atoms with Gasteiger partial charge in [0.2, 0.25) is 0 Å². The number of aliphatic hydroxyl groups excluding tert-OH is 1. The van der Waals surface area contributed by atoms with Gasteiger partial charge in [-0.25, -0.2) is 0 Å². The molecule has 0 heterocycles. The molecule has 0 unspecified atom stereocenters. The molecule has 16 heavy (non-hydrogen) atoms. The lowest BCUT2D eigenvalue weighted by Crippen LogP contribution is -1.99. The average Bonchev–Trinajstić information content (AvgIpc) is 2.26. The van der Waals surface area contributed by atoms with Crippen LogP contribution in [0.5, 0.6) is 5.75 Å². The molecule has 1 aromatic carbocycles. The monoisotopic (exact) mass is 260 g/mol. The van der Waals surface area contributed by atoms with Crippen molar-refractivity contribution < 1.29 is 9.84 Å². The van der Waals surface area contributed by atoms with E-state index in [2.05, 4.69) is 0 Å². The second-order valence-electron chi connectivity index (χ2n) is 3.61. The minimum atomic E-state index is -0.531. The van der Waals surface area contributed by atoms with Crippen LogP contribution in [0.15, 0.2) is 29.3 Å². The second kappa shape index (κ2) is 6.14. The zero-order valence-electron chi connectivity index (χ0n) is 9.21. The maximum Gasteiger partial charge on any atom is 0.138 e. The summed E-state index contributed by atoms with van der Waals surface area (Å²) >= 11 is 11.5. The number of hydrogen-bond acceptors (Lipinski definition) is 2. The van der Waals surface area contributed by atoms with Crippen LogP contribution >= 0.6 is 23.2 Å². The largest absolute Gasteiger partial charge is 0.488 e. The summed E-state index contributed by atoms with van der Waals surface area (Å²) in [5.41, 5.74) is 3.15. The van der Waals surface area contributed by atoms with Crippen LogP contribution in [0.25, 0.3) is 0 Å². The molecule has 4 heteroatoms. The van der Waals surface area contributed by atoms with Crippen LogP contribution in [0.2, 0.25) is 5.02 Å². The molecule has 88 valence electrons. The molecule has 2 nitrogen and oxygen atoms in total. The molecule has 1 rings (SSSR count). The molecule has 0 fully saturated rings. The highest BCUT2D eigenvalue weighted by Gasteiger charge is 2.06. The van der Waals surface area contributed by atoms with Crippen molar-refractivity contribution in [1.82, 2.24) is 0 Å². The Morgan fingerprint density at radius 1 is 1.56 bits per heavy atom. The van der Waals surface area contributed by atoms with E-state index < -0.39 is 6.10 Å². The maximum atomic E-state index is 9.37. The Morgan fingerprint density at radius 3 is 2.75 bits per heavy atom. The molecule has 0 saturated heterocycles. The third-order valence-electron chi connectivity index (χ3n) is 2.08. The smallest absolute Gasteiger partial charge is 0.138 e. The van der Waals surface area contributed by atoms with E-state index in [9.17, 15) is 5.11 Å². The first-order valence-electron chi connectivity index (χ1n) is 4.90. The van der Waals surface area contributed by atoms with Gasteiger partial charge in [-0.1, -0.05) is 29.3 Å². The first-order valence-corrected chi connectivity index (χ1v) is 5.72. The molecule has 0 saturated carbocycles. The number of aliphatic hydroxyl groups is 1. The zero-order chi connectivity index (χ0) is 12.1. The second-order valence-corrected chi connectivity index (χ2v) is 4.24. The van der Waals surface area contributed by atoms with Gasteiger partial charge in [0.1, 0.15) is 12.4 Å². The van der Waals surface area contributed by atoms with Gasteiger partial charge in [-0.15, -0.1) is 0 Å². The van der Waals surface area contributed by atoms with E-state index in [0.717, 1.165) is 11.1 Å². The predicted molar refractivity (Wildman–Crippen MR) is 67.2 cm³/mol. The molecule has 1 aromatic rings. The number of hydrogen-bond donors (Lipinski definition) is 1. The summed E-state index contributed by atoms with van der Waals surface area (Å²) in [7, 11) is 0. The van der Waals surface area contributed by atoms with Gasteiger partial charge < -0.3 is 9.84 Å². The lowest BCUT2D eigenvalue weighted by Gasteiger charge is -2.10. The molecular formula is C12H14Cl2O2. The zero-order valence-corrected chi connectivity index (χ0v) is 10.7. The summed E-state index contributed by atoms with van der Waals surface area (Å²) in [6, 6.07) is 5.22. The fourth-order valence-electron chi connectivity index (χ4n) is 1.12. The maximum absolute atomic E-state index is 9.37. The summed E-state index contributed by atoms with van der Waals surface area (Å²) in [5, 5.41) is 9.86. The number of ether oxygens (including phenoxy) is 1. The van der Waals surface area contributed by atoms with E-state index >= 15 is 0 Å². The Kier molecular flexibility index (Phi) is 5.13. The third-order valence-corrected chi connectivity index (χ3v) is 2.75. The number of halogens is 2. The number of benzene rings is 1. The fourth-order valence-corrected chi connectivity index (χ4v) is 1.42. The van der Waals surface area contributed by atoms with Crippen molar-refractivity contribution >= 4 is 23.2 Å². The van der Waals surface area contributed by atoms with E-state index in [4.69, 9.17) is 27.9 Å². The average molecular weight is 261 g/mol. The molecular weight excluding hydrogens is 247 g/mol. The summed E-state index contributed by atoms with van der Waals surface area (Å²) in [6.07, 6.45) is -0.531. The van der Waals surface area contributed by atoms with Crippen LogP contribution in [0.3, 0.4) is 0 Å². The lowest BCUT2D eigenvalue weighted by atomic mass is 10.1. The van der Waals surface area contributed by atoms with Gasteiger partial charge in [0, 0.05) is 5.54 Å². The Bertz CT molecular complexity index is 387. The van der Waals surface area contributed by atoms with Gasteiger partial charge in [0.15, 0.2) is 0 Å². The molecule has 0 aromatic heterocycles. The molecule has 0 aliphatic carbocycles. The van der Waals surface area contributed by atoms with E-state index in [1.54, 1.807) is 25.1 Å². The van der Waals surface area contributed by atoms with E-state index in [1.165, 1.54) is 5.54 Å². The molecule has 1 N–H and O–H groups in total. The third kappa shape index (κ3) is 3.71. The van der Waals surface area contributed by atoms with Gasteiger partial charge in [0.25, 0.3) is 0 Å². The number of rotatable bonds is 4. The van der Waals surface area contributed by atoms with Gasteiger partial charge in [-0.3, -0.25) is 0 Å². The van der Waals surface area contributed by atoms with Crippen molar-refractivity contribution in [3.05, 3.63) is 39.9 Å². The van der Waals surface area contributed by atoms with E-state index in [0.29, 0.717) is 17.4 Å². The highest BCUT2D eigenvalue weighted by atomic mass is 35.5.